The molecule has 17 heavy (non-hydrogen) atoms. The summed E-state index contributed by atoms with van der Waals surface area (Å²) in [5.74, 6) is 0.754. The minimum absolute atomic E-state index is 0.0389. The fourth-order valence-electron chi connectivity index (χ4n) is 2.67. The standard InChI is InChI=1S/C14H27NO2/c1-4-11-15-14(13(16)17-6-3)9-7-12(5-2)8-10-14/h12,15H,4-11H2,1-3H3. The van der Waals surface area contributed by atoms with Crippen molar-refractivity contribution in [2.75, 3.05) is 13.2 Å². The van der Waals surface area contributed by atoms with E-state index in [4.69, 9.17) is 4.74 Å². The first-order valence-corrected chi connectivity index (χ1v) is 7.10. The normalized spacial score (nSPS) is 29.0. The van der Waals surface area contributed by atoms with Crippen molar-refractivity contribution >= 4 is 5.97 Å². The maximum absolute atomic E-state index is 12.1. The second kappa shape index (κ2) is 7.00. The van der Waals surface area contributed by atoms with E-state index in [1.165, 1.54) is 6.42 Å². The van der Waals surface area contributed by atoms with Gasteiger partial charge in [-0.05, 0) is 51.5 Å². The van der Waals surface area contributed by atoms with Crippen molar-refractivity contribution in [1.82, 2.24) is 5.32 Å². The average Bonchev–Trinajstić information content (AvgIpc) is 2.37. The van der Waals surface area contributed by atoms with E-state index < -0.39 is 5.54 Å². The lowest BCUT2D eigenvalue weighted by molar-refractivity contribution is -0.153. The number of ether oxygens (including phenoxy) is 1. The first kappa shape index (κ1) is 14.5. The first-order valence-electron chi connectivity index (χ1n) is 7.10. The van der Waals surface area contributed by atoms with Crippen molar-refractivity contribution in [2.24, 2.45) is 5.92 Å². The molecular formula is C14H27NO2. The third-order valence-electron chi connectivity index (χ3n) is 3.92. The lowest BCUT2D eigenvalue weighted by atomic mass is 9.75. The monoisotopic (exact) mass is 241 g/mol. The Labute approximate surface area is 105 Å². The molecule has 0 aromatic carbocycles. The minimum Gasteiger partial charge on any atom is -0.465 e. The van der Waals surface area contributed by atoms with Crippen LogP contribution < -0.4 is 5.32 Å². The first-order chi connectivity index (χ1) is 8.18. The Bertz CT molecular complexity index is 232. The fraction of sp³-hybridized carbons (Fsp3) is 0.929. The molecule has 1 fully saturated rings. The Balaban J connectivity index is 2.63. The van der Waals surface area contributed by atoms with Gasteiger partial charge in [-0.1, -0.05) is 20.3 Å². The number of hydrogen-bond acceptors (Lipinski definition) is 3. The molecule has 1 N–H and O–H groups in total. The summed E-state index contributed by atoms with van der Waals surface area (Å²) in [6.45, 7) is 7.62. The second-order valence-electron chi connectivity index (χ2n) is 5.08. The molecule has 0 aromatic rings. The van der Waals surface area contributed by atoms with Gasteiger partial charge in [0.1, 0.15) is 5.54 Å². The lowest BCUT2D eigenvalue weighted by Gasteiger charge is -2.38. The van der Waals surface area contributed by atoms with Crippen LogP contribution in [0.4, 0.5) is 0 Å². The van der Waals surface area contributed by atoms with Crippen LogP contribution in [0, 0.1) is 5.92 Å². The summed E-state index contributed by atoms with van der Waals surface area (Å²) in [6.07, 6.45) is 6.44. The number of nitrogens with one attached hydrogen (secondary N) is 1. The Morgan fingerprint density at radius 2 is 1.94 bits per heavy atom. The highest BCUT2D eigenvalue weighted by Gasteiger charge is 2.42. The predicted molar refractivity (Wildman–Crippen MR) is 69.9 cm³/mol. The van der Waals surface area contributed by atoms with Crippen LogP contribution in [0.1, 0.15) is 59.3 Å². The van der Waals surface area contributed by atoms with E-state index in [-0.39, 0.29) is 5.97 Å². The van der Waals surface area contributed by atoms with Crippen LogP contribution in [-0.2, 0) is 9.53 Å². The quantitative estimate of drug-likeness (QED) is 0.727. The van der Waals surface area contributed by atoms with E-state index in [0.29, 0.717) is 6.61 Å². The molecule has 0 saturated heterocycles. The predicted octanol–water partition coefficient (Wildman–Crippen LogP) is 2.89. The van der Waals surface area contributed by atoms with E-state index >= 15 is 0 Å². The van der Waals surface area contributed by atoms with E-state index in [2.05, 4.69) is 19.2 Å². The van der Waals surface area contributed by atoms with Crippen molar-refractivity contribution in [3.05, 3.63) is 0 Å². The Morgan fingerprint density at radius 3 is 2.41 bits per heavy atom. The van der Waals surface area contributed by atoms with Crippen LogP contribution in [0.2, 0.25) is 0 Å². The summed E-state index contributed by atoms with van der Waals surface area (Å²) in [5, 5.41) is 3.44. The molecule has 100 valence electrons. The Hall–Kier alpha value is -0.570. The highest BCUT2D eigenvalue weighted by molar-refractivity contribution is 5.81. The SMILES string of the molecule is CCCNC1(C(=O)OCC)CCC(CC)CC1. The fourth-order valence-corrected chi connectivity index (χ4v) is 2.67. The number of carbonyl (C=O) groups excluding carboxylic acids is 1. The lowest BCUT2D eigenvalue weighted by Crippen LogP contribution is -2.55. The van der Waals surface area contributed by atoms with Crippen LogP contribution >= 0.6 is 0 Å². The number of carbonyl (C=O) groups is 1. The molecule has 1 saturated carbocycles. The zero-order chi connectivity index (χ0) is 12.7. The molecular weight excluding hydrogens is 214 g/mol. The molecule has 3 heteroatoms. The summed E-state index contributed by atoms with van der Waals surface area (Å²) in [4.78, 5) is 12.1. The van der Waals surface area contributed by atoms with Crippen LogP contribution in [0.3, 0.4) is 0 Å². The molecule has 1 rings (SSSR count). The molecule has 1 aliphatic rings. The van der Waals surface area contributed by atoms with Gasteiger partial charge in [0.15, 0.2) is 0 Å². The molecule has 0 unspecified atom stereocenters. The van der Waals surface area contributed by atoms with Crippen LogP contribution in [0.25, 0.3) is 0 Å². The van der Waals surface area contributed by atoms with E-state index in [9.17, 15) is 4.79 Å². The number of hydrogen-bond donors (Lipinski definition) is 1. The third kappa shape index (κ3) is 3.70. The maximum atomic E-state index is 12.1. The van der Waals surface area contributed by atoms with Gasteiger partial charge in [-0.3, -0.25) is 4.79 Å². The van der Waals surface area contributed by atoms with Gasteiger partial charge in [0.05, 0.1) is 6.61 Å². The third-order valence-corrected chi connectivity index (χ3v) is 3.92. The van der Waals surface area contributed by atoms with Gasteiger partial charge in [-0.25, -0.2) is 0 Å². The molecule has 0 heterocycles. The van der Waals surface area contributed by atoms with Crippen molar-refractivity contribution in [2.45, 2.75) is 64.8 Å². The van der Waals surface area contributed by atoms with Gasteiger partial charge < -0.3 is 10.1 Å². The molecule has 0 aliphatic heterocycles. The molecule has 0 amide bonds. The second-order valence-corrected chi connectivity index (χ2v) is 5.08. The van der Waals surface area contributed by atoms with Crippen molar-refractivity contribution in [3.8, 4) is 0 Å². The molecule has 0 aromatic heterocycles. The number of esters is 1. The maximum Gasteiger partial charge on any atom is 0.326 e. The highest BCUT2D eigenvalue weighted by Crippen LogP contribution is 2.34. The van der Waals surface area contributed by atoms with Gasteiger partial charge in [-0.15, -0.1) is 0 Å². The van der Waals surface area contributed by atoms with Crippen molar-refractivity contribution < 1.29 is 9.53 Å². The van der Waals surface area contributed by atoms with E-state index in [1.54, 1.807) is 0 Å². The molecule has 0 atom stereocenters. The number of rotatable bonds is 6. The van der Waals surface area contributed by atoms with Crippen molar-refractivity contribution in [3.63, 3.8) is 0 Å². The summed E-state index contributed by atoms with van der Waals surface area (Å²) >= 11 is 0. The van der Waals surface area contributed by atoms with Gasteiger partial charge in [0.25, 0.3) is 0 Å². The minimum atomic E-state index is -0.391. The van der Waals surface area contributed by atoms with Gasteiger partial charge in [0.2, 0.25) is 0 Å². The summed E-state index contributed by atoms with van der Waals surface area (Å²) in [7, 11) is 0. The highest BCUT2D eigenvalue weighted by atomic mass is 16.5. The summed E-state index contributed by atoms with van der Waals surface area (Å²) in [6, 6.07) is 0. The molecule has 0 radical (unpaired) electrons. The average molecular weight is 241 g/mol. The molecule has 3 nitrogen and oxygen atoms in total. The van der Waals surface area contributed by atoms with Crippen LogP contribution in [0.15, 0.2) is 0 Å². The summed E-state index contributed by atoms with van der Waals surface area (Å²) in [5.41, 5.74) is -0.391. The van der Waals surface area contributed by atoms with Gasteiger partial charge in [0, 0.05) is 0 Å². The van der Waals surface area contributed by atoms with Crippen molar-refractivity contribution in [1.29, 1.82) is 0 Å². The smallest absolute Gasteiger partial charge is 0.326 e. The molecule has 1 aliphatic carbocycles. The Kier molecular flexibility index (Phi) is 5.96. The van der Waals surface area contributed by atoms with Crippen LogP contribution in [0.5, 0.6) is 0 Å². The van der Waals surface area contributed by atoms with Gasteiger partial charge >= 0.3 is 5.97 Å². The van der Waals surface area contributed by atoms with Crippen LogP contribution in [-0.4, -0.2) is 24.7 Å². The van der Waals surface area contributed by atoms with Gasteiger partial charge in [-0.2, -0.15) is 0 Å². The largest absolute Gasteiger partial charge is 0.465 e. The summed E-state index contributed by atoms with van der Waals surface area (Å²) < 4.78 is 5.25. The Morgan fingerprint density at radius 1 is 1.29 bits per heavy atom. The molecule has 0 bridgehead atoms. The van der Waals surface area contributed by atoms with E-state index in [0.717, 1.165) is 44.6 Å². The zero-order valence-electron chi connectivity index (χ0n) is 11.6. The zero-order valence-corrected chi connectivity index (χ0v) is 11.6. The molecule has 0 spiro atoms. The van der Waals surface area contributed by atoms with E-state index in [1.807, 2.05) is 6.92 Å². The topological polar surface area (TPSA) is 38.3 Å².